The van der Waals surface area contributed by atoms with E-state index in [4.69, 9.17) is 5.73 Å². The first-order valence-corrected chi connectivity index (χ1v) is 5.34. The van der Waals surface area contributed by atoms with Gasteiger partial charge in [0.2, 0.25) is 0 Å². The normalized spacial score (nSPS) is 19.1. The monoisotopic (exact) mass is 206 g/mol. The quantitative estimate of drug-likeness (QED) is 0.783. The van der Waals surface area contributed by atoms with Crippen molar-refractivity contribution in [2.75, 3.05) is 18.0 Å². The molecule has 4 nitrogen and oxygen atoms in total. The van der Waals surface area contributed by atoms with Crippen LogP contribution in [0.15, 0.2) is 12.4 Å². The van der Waals surface area contributed by atoms with E-state index < -0.39 is 0 Å². The van der Waals surface area contributed by atoms with Gasteiger partial charge in [0.05, 0.1) is 11.2 Å². The first-order chi connectivity index (χ1) is 7.03. The van der Waals surface area contributed by atoms with Gasteiger partial charge in [0.25, 0.3) is 0 Å². The summed E-state index contributed by atoms with van der Waals surface area (Å²) < 4.78 is 0. The van der Waals surface area contributed by atoms with Gasteiger partial charge in [-0.1, -0.05) is 13.8 Å². The van der Waals surface area contributed by atoms with E-state index in [0.717, 1.165) is 24.6 Å². The molecule has 0 atom stereocenters. The molecule has 1 aliphatic heterocycles. The van der Waals surface area contributed by atoms with Gasteiger partial charge < -0.3 is 10.6 Å². The summed E-state index contributed by atoms with van der Waals surface area (Å²) in [5.74, 6) is 1.48. The van der Waals surface area contributed by atoms with Crippen molar-refractivity contribution in [2.45, 2.75) is 26.3 Å². The summed E-state index contributed by atoms with van der Waals surface area (Å²) in [7, 11) is 0. The van der Waals surface area contributed by atoms with Crippen molar-refractivity contribution in [3.05, 3.63) is 18.1 Å². The van der Waals surface area contributed by atoms with Crippen LogP contribution >= 0.6 is 0 Å². The zero-order valence-corrected chi connectivity index (χ0v) is 9.57. The molecule has 0 aromatic carbocycles. The average Bonchev–Trinajstić information content (AvgIpc) is 2.14. The SMILES string of the molecule is Cc1nccnc1N1CC(N)(C(C)C)C1. The minimum absolute atomic E-state index is 0.0516. The largest absolute Gasteiger partial charge is 0.351 e. The smallest absolute Gasteiger partial charge is 0.150 e. The Morgan fingerprint density at radius 1 is 1.33 bits per heavy atom. The first-order valence-electron chi connectivity index (χ1n) is 5.34. The van der Waals surface area contributed by atoms with Crippen molar-refractivity contribution in [3.63, 3.8) is 0 Å². The molecule has 0 saturated carbocycles. The van der Waals surface area contributed by atoms with Crippen LogP contribution in [-0.4, -0.2) is 28.6 Å². The average molecular weight is 206 g/mol. The molecular weight excluding hydrogens is 188 g/mol. The van der Waals surface area contributed by atoms with E-state index in [9.17, 15) is 0 Å². The van der Waals surface area contributed by atoms with Gasteiger partial charge >= 0.3 is 0 Å². The fraction of sp³-hybridized carbons (Fsp3) is 0.636. The fourth-order valence-electron chi connectivity index (χ4n) is 1.89. The van der Waals surface area contributed by atoms with E-state index in [1.807, 2.05) is 6.92 Å². The van der Waals surface area contributed by atoms with Crippen LogP contribution in [0.5, 0.6) is 0 Å². The Morgan fingerprint density at radius 3 is 2.47 bits per heavy atom. The van der Waals surface area contributed by atoms with E-state index in [1.54, 1.807) is 12.4 Å². The van der Waals surface area contributed by atoms with E-state index >= 15 is 0 Å². The van der Waals surface area contributed by atoms with Gasteiger partial charge in [-0.15, -0.1) is 0 Å². The summed E-state index contributed by atoms with van der Waals surface area (Å²) in [6.45, 7) is 8.07. The van der Waals surface area contributed by atoms with Gasteiger partial charge in [0, 0.05) is 25.5 Å². The van der Waals surface area contributed by atoms with Gasteiger partial charge in [0.1, 0.15) is 5.82 Å². The third-order valence-electron chi connectivity index (χ3n) is 3.28. The van der Waals surface area contributed by atoms with E-state index in [0.29, 0.717) is 5.92 Å². The molecule has 0 amide bonds. The Bertz CT molecular complexity index is 355. The van der Waals surface area contributed by atoms with E-state index in [1.165, 1.54) is 0 Å². The summed E-state index contributed by atoms with van der Waals surface area (Å²) >= 11 is 0. The number of aryl methyl sites for hydroxylation is 1. The lowest BCUT2D eigenvalue weighted by atomic mass is 9.80. The Hall–Kier alpha value is -1.16. The Labute approximate surface area is 90.5 Å². The predicted octanol–water partition coefficient (Wildman–Crippen LogP) is 0.959. The van der Waals surface area contributed by atoms with E-state index in [2.05, 4.69) is 28.7 Å². The first kappa shape index (κ1) is 10.4. The Balaban J connectivity index is 2.10. The highest BCUT2D eigenvalue weighted by atomic mass is 15.3. The number of hydrogen-bond acceptors (Lipinski definition) is 4. The van der Waals surface area contributed by atoms with Crippen molar-refractivity contribution in [1.82, 2.24) is 9.97 Å². The van der Waals surface area contributed by atoms with Crippen LogP contribution in [0.25, 0.3) is 0 Å². The predicted molar refractivity (Wildman–Crippen MR) is 60.7 cm³/mol. The molecule has 1 saturated heterocycles. The van der Waals surface area contributed by atoms with Crippen LogP contribution in [0, 0.1) is 12.8 Å². The molecule has 15 heavy (non-hydrogen) atoms. The molecule has 1 fully saturated rings. The van der Waals surface area contributed by atoms with Gasteiger partial charge in [-0.05, 0) is 12.8 Å². The van der Waals surface area contributed by atoms with Crippen LogP contribution in [0.4, 0.5) is 5.82 Å². The molecule has 2 heterocycles. The molecule has 1 aliphatic rings. The molecule has 2 rings (SSSR count). The standard InChI is InChI=1S/C11H18N4/c1-8(2)11(12)6-15(7-11)10-9(3)13-4-5-14-10/h4-5,8H,6-7,12H2,1-3H3. The number of aromatic nitrogens is 2. The lowest BCUT2D eigenvalue weighted by Gasteiger charge is -2.51. The number of rotatable bonds is 2. The number of nitrogens with two attached hydrogens (primary N) is 1. The highest BCUT2D eigenvalue weighted by molar-refractivity contribution is 5.47. The maximum Gasteiger partial charge on any atom is 0.150 e. The van der Waals surface area contributed by atoms with Gasteiger partial charge in [-0.2, -0.15) is 0 Å². The molecule has 1 aromatic rings. The molecule has 0 unspecified atom stereocenters. The summed E-state index contributed by atoms with van der Waals surface area (Å²) in [5.41, 5.74) is 7.16. The lowest BCUT2D eigenvalue weighted by Crippen LogP contribution is -2.70. The van der Waals surface area contributed by atoms with Crippen LogP contribution in [0.2, 0.25) is 0 Å². The second kappa shape index (κ2) is 3.45. The maximum absolute atomic E-state index is 6.23. The molecular formula is C11H18N4. The van der Waals surface area contributed by atoms with Crippen molar-refractivity contribution in [3.8, 4) is 0 Å². The lowest BCUT2D eigenvalue weighted by molar-refractivity contribution is 0.243. The Kier molecular flexibility index (Phi) is 2.38. The summed E-state index contributed by atoms with van der Waals surface area (Å²) in [4.78, 5) is 10.8. The maximum atomic E-state index is 6.23. The zero-order valence-electron chi connectivity index (χ0n) is 9.57. The van der Waals surface area contributed by atoms with Gasteiger partial charge in [-0.25, -0.2) is 4.98 Å². The molecule has 0 bridgehead atoms. The molecule has 82 valence electrons. The highest BCUT2D eigenvalue weighted by Crippen LogP contribution is 2.30. The van der Waals surface area contributed by atoms with Crippen LogP contribution < -0.4 is 10.6 Å². The van der Waals surface area contributed by atoms with Gasteiger partial charge in [-0.3, -0.25) is 4.98 Å². The van der Waals surface area contributed by atoms with Crippen molar-refractivity contribution in [2.24, 2.45) is 11.7 Å². The number of anilines is 1. The highest BCUT2D eigenvalue weighted by Gasteiger charge is 2.42. The molecule has 0 spiro atoms. The second-order valence-electron chi connectivity index (χ2n) is 4.71. The second-order valence-corrected chi connectivity index (χ2v) is 4.71. The van der Waals surface area contributed by atoms with Crippen LogP contribution in [0.3, 0.4) is 0 Å². The Morgan fingerprint density at radius 2 is 1.93 bits per heavy atom. The third-order valence-corrected chi connectivity index (χ3v) is 3.28. The van der Waals surface area contributed by atoms with Crippen LogP contribution in [0.1, 0.15) is 19.5 Å². The number of hydrogen-bond donors (Lipinski definition) is 1. The summed E-state index contributed by atoms with van der Waals surface area (Å²) in [6.07, 6.45) is 3.45. The minimum atomic E-state index is -0.0516. The van der Waals surface area contributed by atoms with Crippen molar-refractivity contribution >= 4 is 5.82 Å². The third kappa shape index (κ3) is 1.69. The molecule has 2 N–H and O–H groups in total. The molecule has 4 heteroatoms. The fourth-order valence-corrected chi connectivity index (χ4v) is 1.89. The topological polar surface area (TPSA) is 55.0 Å². The molecule has 1 aromatic heterocycles. The molecule has 0 aliphatic carbocycles. The van der Waals surface area contributed by atoms with Crippen LogP contribution in [-0.2, 0) is 0 Å². The van der Waals surface area contributed by atoms with Gasteiger partial charge in [0.15, 0.2) is 0 Å². The number of nitrogens with zero attached hydrogens (tertiary/aromatic N) is 3. The van der Waals surface area contributed by atoms with Crippen molar-refractivity contribution in [1.29, 1.82) is 0 Å². The zero-order chi connectivity index (χ0) is 11.1. The summed E-state index contributed by atoms with van der Waals surface area (Å²) in [5, 5.41) is 0. The summed E-state index contributed by atoms with van der Waals surface area (Å²) in [6, 6.07) is 0. The molecule has 0 radical (unpaired) electrons. The minimum Gasteiger partial charge on any atom is -0.351 e. The van der Waals surface area contributed by atoms with Crippen molar-refractivity contribution < 1.29 is 0 Å². The van der Waals surface area contributed by atoms with E-state index in [-0.39, 0.29) is 5.54 Å².